The Morgan fingerprint density at radius 3 is 2.81 bits per heavy atom. The number of hydrogen-bond acceptors (Lipinski definition) is 5. The Balaban J connectivity index is 1.26. The number of H-pyrrole nitrogens is 1. The minimum absolute atomic E-state index is 0.0632. The Morgan fingerprint density at radius 1 is 1.03 bits per heavy atom. The van der Waals surface area contributed by atoms with Crippen molar-refractivity contribution in [3.63, 3.8) is 0 Å². The van der Waals surface area contributed by atoms with E-state index in [2.05, 4.69) is 50.6 Å². The summed E-state index contributed by atoms with van der Waals surface area (Å²) < 4.78 is 1.42. The first kappa shape index (κ1) is 19.1. The fourth-order valence-corrected chi connectivity index (χ4v) is 6.92. The normalized spacial score (nSPS) is 19.1. The van der Waals surface area contributed by atoms with Crippen molar-refractivity contribution in [3.05, 3.63) is 82.6 Å². The molecule has 2 aliphatic heterocycles. The molecule has 3 aromatic heterocycles. The van der Waals surface area contributed by atoms with Gasteiger partial charge in [-0.2, -0.15) is 0 Å². The molecule has 0 bridgehead atoms. The Kier molecular flexibility index (Phi) is 4.82. The van der Waals surface area contributed by atoms with Gasteiger partial charge in [0.15, 0.2) is 0 Å². The summed E-state index contributed by atoms with van der Waals surface area (Å²) in [5, 5.41) is 3.18. The van der Waals surface area contributed by atoms with E-state index in [0.717, 1.165) is 42.8 Å². The molecule has 4 aromatic rings. The molecule has 1 unspecified atom stereocenters. The zero-order valence-electron chi connectivity index (χ0n) is 17.0. The van der Waals surface area contributed by atoms with Gasteiger partial charge in [0.2, 0.25) is 0 Å². The van der Waals surface area contributed by atoms with Crippen LogP contribution in [0.2, 0.25) is 0 Å². The molecule has 5 nitrogen and oxygen atoms in total. The lowest BCUT2D eigenvalue weighted by Crippen LogP contribution is -2.50. The maximum Gasteiger partial charge on any atom is 0.257 e. The molecule has 0 aliphatic carbocycles. The van der Waals surface area contributed by atoms with Crippen molar-refractivity contribution < 1.29 is 4.79 Å². The molecule has 5 heterocycles. The van der Waals surface area contributed by atoms with Crippen LogP contribution >= 0.6 is 23.1 Å². The van der Waals surface area contributed by atoms with Gasteiger partial charge in [-0.05, 0) is 34.2 Å². The fraction of sp³-hybridized carbons (Fsp3) is 0.250. The number of nitrogens with zero attached hydrogens (tertiary/aromatic N) is 3. The van der Waals surface area contributed by atoms with E-state index in [9.17, 15) is 4.79 Å². The second-order valence-corrected chi connectivity index (χ2v) is 10.2. The van der Waals surface area contributed by atoms with Crippen molar-refractivity contribution in [2.45, 2.75) is 16.0 Å². The van der Waals surface area contributed by atoms with E-state index in [1.807, 2.05) is 40.3 Å². The summed E-state index contributed by atoms with van der Waals surface area (Å²) in [4.78, 5) is 25.2. The summed E-state index contributed by atoms with van der Waals surface area (Å²) in [5.74, 6) is 1.08. The van der Waals surface area contributed by atoms with Gasteiger partial charge in [0.25, 0.3) is 5.91 Å². The number of carbonyl (C=O) groups is 1. The van der Waals surface area contributed by atoms with E-state index >= 15 is 0 Å². The van der Waals surface area contributed by atoms with E-state index in [-0.39, 0.29) is 11.9 Å². The highest BCUT2D eigenvalue weighted by Crippen LogP contribution is 2.45. The largest absolute Gasteiger partial charge is 0.360 e. The Bertz CT molecular complexity index is 1260. The summed E-state index contributed by atoms with van der Waals surface area (Å²) >= 11 is 3.79. The van der Waals surface area contributed by atoms with Crippen LogP contribution in [-0.4, -0.2) is 51.9 Å². The van der Waals surface area contributed by atoms with Gasteiger partial charge in [-0.15, -0.1) is 23.1 Å². The van der Waals surface area contributed by atoms with Gasteiger partial charge in [0, 0.05) is 55.9 Å². The molecule has 2 aliphatic rings. The molecule has 156 valence electrons. The fourth-order valence-electron chi connectivity index (χ4n) is 4.76. The first-order valence-electron chi connectivity index (χ1n) is 10.5. The Morgan fingerprint density at radius 2 is 1.90 bits per heavy atom. The number of aromatic nitrogens is 2. The Labute approximate surface area is 189 Å². The molecule has 1 saturated heterocycles. The molecule has 31 heavy (non-hydrogen) atoms. The maximum absolute atomic E-state index is 13.3. The lowest BCUT2D eigenvalue weighted by molar-refractivity contribution is 0.0597. The van der Waals surface area contributed by atoms with E-state index in [1.165, 1.54) is 20.9 Å². The van der Waals surface area contributed by atoms with E-state index in [0.29, 0.717) is 5.56 Å². The van der Waals surface area contributed by atoms with E-state index in [4.69, 9.17) is 0 Å². The minimum Gasteiger partial charge on any atom is -0.360 e. The van der Waals surface area contributed by atoms with Gasteiger partial charge >= 0.3 is 0 Å². The zero-order valence-corrected chi connectivity index (χ0v) is 18.6. The lowest BCUT2D eigenvalue weighted by Gasteiger charge is -2.39. The molecular formula is C24H22N4OS2. The van der Waals surface area contributed by atoms with Crippen LogP contribution in [0.4, 0.5) is 0 Å². The number of hydrogen-bond donors (Lipinski definition) is 1. The highest BCUT2D eigenvalue weighted by atomic mass is 32.2. The summed E-state index contributed by atoms with van der Waals surface area (Å²) in [6.45, 7) is 3.17. The summed E-state index contributed by atoms with van der Waals surface area (Å²) in [7, 11) is 0. The van der Waals surface area contributed by atoms with Gasteiger partial charge < -0.3 is 9.88 Å². The number of aromatic amines is 1. The highest BCUT2D eigenvalue weighted by Gasteiger charge is 2.33. The Hall–Kier alpha value is -2.61. The molecule has 0 radical (unpaired) electrons. The minimum atomic E-state index is 0.0632. The number of carbonyl (C=O) groups excluding carboxylic acids is 1. The standard InChI is InChI=1S/C24H22N4OS2/c29-23(20-14-25-13-16-5-7-26-21(16)20)28-10-8-27(9-11-28)22-18-4-2-1-3-17(18)15-31-24-19(22)6-12-30-24/h1-7,12-14,22,26H,8-11,15H2. The summed E-state index contributed by atoms with van der Waals surface area (Å²) in [5.41, 5.74) is 5.78. The number of thiophene rings is 1. The van der Waals surface area contributed by atoms with Crippen LogP contribution < -0.4 is 0 Å². The average molecular weight is 447 g/mol. The van der Waals surface area contributed by atoms with Gasteiger partial charge in [-0.25, -0.2) is 0 Å². The molecular weight excluding hydrogens is 424 g/mol. The van der Waals surface area contributed by atoms with Crippen LogP contribution in [-0.2, 0) is 5.75 Å². The van der Waals surface area contributed by atoms with E-state index < -0.39 is 0 Å². The molecule has 6 rings (SSSR count). The molecule has 0 saturated carbocycles. The van der Waals surface area contributed by atoms with Crippen molar-refractivity contribution in [2.75, 3.05) is 26.2 Å². The van der Waals surface area contributed by atoms with E-state index in [1.54, 1.807) is 12.4 Å². The second-order valence-electron chi connectivity index (χ2n) is 8.01. The second kappa shape index (κ2) is 7.82. The molecule has 1 amide bonds. The number of nitrogens with one attached hydrogen (secondary N) is 1. The van der Waals surface area contributed by atoms with Crippen molar-refractivity contribution in [3.8, 4) is 0 Å². The van der Waals surface area contributed by atoms with Crippen LogP contribution in [0.15, 0.2) is 64.6 Å². The monoisotopic (exact) mass is 446 g/mol. The van der Waals surface area contributed by atoms with Crippen LogP contribution in [0.1, 0.15) is 33.1 Å². The highest BCUT2D eigenvalue weighted by molar-refractivity contribution is 8.00. The van der Waals surface area contributed by atoms with Gasteiger partial charge in [-0.1, -0.05) is 24.3 Å². The third kappa shape index (κ3) is 3.28. The van der Waals surface area contributed by atoms with Crippen LogP contribution in [0.25, 0.3) is 10.9 Å². The summed E-state index contributed by atoms with van der Waals surface area (Å²) in [6, 6.07) is 13.3. The first-order chi connectivity index (χ1) is 15.3. The number of benzene rings is 1. The quantitative estimate of drug-likeness (QED) is 0.482. The van der Waals surface area contributed by atoms with Gasteiger partial charge in [0.05, 0.1) is 21.3 Å². The number of piperazine rings is 1. The van der Waals surface area contributed by atoms with Gasteiger partial charge in [0.1, 0.15) is 0 Å². The van der Waals surface area contributed by atoms with Crippen molar-refractivity contribution in [1.29, 1.82) is 0 Å². The average Bonchev–Trinajstić information content (AvgIpc) is 3.45. The predicted molar refractivity (Wildman–Crippen MR) is 126 cm³/mol. The molecule has 1 N–H and O–H groups in total. The maximum atomic E-state index is 13.3. The SMILES string of the molecule is O=C(c1cncc2cc[nH]c12)N1CCN(C2c3ccccc3CSc3sccc32)CC1. The van der Waals surface area contributed by atoms with Crippen molar-refractivity contribution in [2.24, 2.45) is 0 Å². The van der Waals surface area contributed by atoms with Crippen molar-refractivity contribution >= 4 is 39.9 Å². The molecule has 7 heteroatoms. The number of fused-ring (bicyclic) bond motifs is 3. The first-order valence-corrected chi connectivity index (χ1v) is 12.4. The number of pyridine rings is 1. The number of amides is 1. The number of thioether (sulfide) groups is 1. The van der Waals surface area contributed by atoms with Crippen LogP contribution in [0.5, 0.6) is 0 Å². The molecule has 1 aromatic carbocycles. The topological polar surface area (TPSA) is 52.2 Å². The summed E-state index contributed by atoms with van der Waals surface area (Å²) in [6.07, 6.45) is 5.34. The number of rotatable bonds is 2. The lowest BCUT2D eigenvalue weighted by atomic mass is 9.95. The van der Waals surface area contributed by atoms with Crippen LogP contribution in [0.3, 0.4) is 0 Å². The molecule has 1 fully saturated rings. The van der Waals surface area contributed by atoms with Crippen LogP contribution in [0, 0.1) is 0 Å². The van der Waals surface area contributed by atoms with Crippen molar-refractivity contribution in [1.82, 2.24) is 19.8 Å². The third-order valence-electron chi connectivity index (χ3n) is 6.32. The predicted octanol–water partition coefficient (Wildman–Crippen LogP) is 4.78. The third-order valence-corrected chi connectivity index (χ3v) is 8.64. The van der Waals surface area contributed by atoms with Gasteiger partial charge in [-0.3, -0.25) is 14.7 Å². The molecule has 0 spiro atoms. The molecule has 1 atom stereocenters. The zero-order chi connectivity index (χ0) is 20.8. The smallest absolute Gasteiger partial charge is 0.257 e.